The molecule has 2 unspecified atom stereocenters. The summed E-state index contributed by atoms with van der Waals surface area (Å²) in [5.74, 6) is 0.153. The average molecular weight is 360 g/mol. The number of hydrogen-bond donors (Lipinski definition) is 0. The first-order chi connectivity index (χ1) is 13.2. The van der Waals surface area contributed by atoms with E-state index in [4.69, 9.17) is 4.74 Å². The Kier molecular flexibility index (Phi) is 5.07. The molecule has 1 aliphatic heterocycles. The van der Waals surface area contributed by atoms with Crippen LogP contribution < -0.4 is 0 Å². The highest BCUT2D eigenvalue weighted by atomic mass is 16.5. The molecule has 1 fully saturated rings. The van der Waals surface area contributed by atoms with Crippen LogP contribution in [-0.2, 0) is 16.0 Å². The highest BCUT2D eigenvalue weighted by molar-refractivity contribution is 5.79. The maximum atomic E-state index is 12.9. The van der Waals surface area contributed by atoms with E-state index in [9.17, 15) is 4.79 Å². The number of benzene rings is 2. The molecule has 3 aromatic rings. The van der Waals surface area contributed by atoms with Crippen molar-refractivity contribution in [1.29, 1.82) is 0 Å². The third-order valence-corrected chi connectivity index (χ3v) is 4.98. The van der Waals surface area contributed by atoms with Crippen LogP contribution in [0.15, 0.2) is 79.1 Å². The van der Waals surface area contributed by atoms with Crippen LogP contribution in [-0.4, -0.2) is 34.6 Å². The Hall–Kier alpha value is -2.85. The Morgan fingerprint density at radius 1 is 0.963 bits per heavy atom. The van der Waals surface area contributed by atoms with Gasteiger partial charge in [-0.15, -0.1) is 0 Å². The molecule has 1 aromatic heterocycles. The minimum absolute atomic E-state index is 0.0315. The van der Waals surface area contributed by atoms with Crippen molar-refractivity contribution >= 4 is 5.91 Å². The number of rotatable bonds is 4. The molecule has 1 aliphatic rings. The van der Waals surface area contributed by atoms with Crippen LogP contribution in [0.3, 0.4) is 0 Å². The summed E-state index contributed by atoms with van der Waals surface area (Å²) in [5.41, 5.74) is 3.25. The lowest BCUT2D eigenvalue weighted by Crippen LogP contribution is -2.46. The van der Waals surface area contributed by atoms with E-state index in [0.29, 0.717) is 19.5 Å². The summed E-state index contributed by atoms with van der Waals surface area (Å²) in [5, 5.41) is 0. The Labute approximate surface area is 160 Å². The smallest absolute Gasteiger partial charge is 0.227 e. The fraction of sp³-hybridized carbons (Fsp3) is 0.261. The second kappa shape index (κ2) is 7.80. The summed E-state index contributed by atoms with van der Waals surface area (Å²) in [6, 6.07) is 22.3. The van der Waals surface area contributed by atoms with Gasteiger partial charge in [0.25, 0.3) is 0 Å². The van der Waals surface area contributed by atoms with E-state index >= 15 is 0 Å². The zero-order valence-electron chi connectivity index (χ0n) is 15.5. The van der Waals surface area contributed by atoms with Gasteiger partial charge in [0.05, 0.1) is 19.1 Å². The van der Waals surface area contributed by atoms with Crippen LogP contribution in [0.2, 0.25) is 0 Å². The molecule has 0 radical (unpaired) electrons. The third kappa shape index (κ3) is 4.12. The molecule has 2 heterocycles. The number of carbonyl (C=O) groups is 1. The highest BCUT2D eigenvalue weighted by Gasteiger charge is 2.29. The van der Waals surface area contributed by atoms with E-state index in [0.717, 1.165) is 16.8 Å². The molecular weight excluding hydrogens is 336 g/mol. The molecule has 1 saturated heterocycles. The molecule has 0 spiro atoms. The predicted molar refractivity (Wildman–Crippen MR) is 106 cm³/mol. The monoisotopic (exact) mass is 360 g/mol. The summed E-state index contributed by atoms with van der Waals surface area (Å²) in [7, 11) is 0. The van der Waals surface area contributed by atoms with E-state index in [1.165, 1.54) is 0 Å². The van der Waals surface area contributed by atoms with Crippen LogP contribution in [0.4, 0.5) is 0 Å². The Balaban J connectivity index is 1.42. The molecule has 138 valence electrons. The number of hydrogen-bond acceptors (Lipinski definition) is 2. The molecule has 0 N–H and O–H groups in total. The van der Waals surface area contributed by atoms with E-state index in [1.807, 2.05) is 66.7 Å². The van der Waals surface area contributed by atoms with Crippen molar-refractivity contribution in [3.05, 3.63) is 90.3 Å². The molecule has 4 nitrogen and oxygen atoms in total. The standard InChI is InChI=1S/C23H24N2O2/c1-18-16-25(17-22(27-18)20-7-3-2-4-8-20)23(26)15-19-9-11-21(12-10-19)24-13-5-6-14-24/h2-14,18,22H,15-17H2,1H3. The van der Waals surface area contributed by atoms with Gasteiger partial charge in [0.15, 0.2) is 0 Å². The molecule has 27 heavy (non-hydrogen) atoms. The minimum atomic E-state index is -0.0602. The number of nitrogens with zero attached hydrogens (tertiary/aromatic N) is 2. The summed E-state index contributed by atoms with van der Waals surface area (Å²) in [4.78, 5) is 14.8. The van der Waals surface area contributed by atoms with E-state index in [2.05, 4.69) is 28.8 Å². The lowest BCUT2D eigenvalue weighted by atomic mass is 10.1. The molecule has 4 rings (SSSR count). The van der Waals surface area contributed by atoms with Gasteiger partial charge < -0.3 is 14.2 Å². The summed E-state index contributed by atoms with van der Waals surface area (Å²) in [6.45, 7) is 3.28. The minimum Gasteiger partial charge on any atom is -0.367 e. The molecule has 2 aromatic carbocycles. The average Bonchev–Trinajstić information content (AvgIpc) is 3.23. The Bertz CT molecular complexity index is 873. The lowest BCUT2D eigenvalue weighted by Gasteiger charge is -2.37. The van der Waals surface area contributed by atoms with Crippen LogP contribution in [0.1, 0.15) is 24.2 Å². The van der Waals surface area contributed by atoms with E-state index in [1.54, 1.807) is 0 Å². The first-order valence-corrected chi connectivity index (χ1v) is 9.39. The number of ether oxygens (including phenoxy) is 1. The van der Waals surface area contributed by atoms with Crippen molar-refractivity contribution in [3.63, 3.8) is 0 Å². The van der Waals surface area contributed by atoms with Crippen molar-refractivity contribution in [2.45, 2.75) is 25.6 Å². The molecular formula is C23H24N2O2. The number of amides is 1. The van der Waals surface area contributed by atoms with Gasteiger partial charge in [0.1, 0.15) is 6.10 Å². The van der Waals surface area contributed by atoms with Gasteiger partial charge in [0, 0.05) is 24.6 Å². The first kappa shape index (κ1) is 17.6. The zero-order chi connectivity index (χ0) is 18.6. The maximum Gasteiger partial charge on any atom is 0.227 e. The van der Waals surface area contributed by atoms with Crippen LogP contribution in [0.5, 0.6) is 0 Å². The summed E-state index contributed by atoms with van der Waals surface area (Å²) in [6.07, 6.45) is 4.41. The molecule has 0 saturated carbocycles. The Morgan fingerprint density at radius 2 is 1.67 bits per heavy atom. The van der Waals surface area contributed by atoms with Crippen molar-refractivity contribution < 1.29 is 9.53 Å². The van der Waals surface area contributed by atoms with Gasteiger partial charge in [-0.2, -0.15) is 0 Å². The Morgan fingerprint density at radius 3 is 2.37 bits per heavy atom. The number of carbonyl (C=O) groups excluding carboxylic acids is 1. The topological polar surface area (TPSA) is 34.5 Å². The fourth-order valence-electron chi connectivity index (χ4n) is 3.59. The molecule has 2 atom stereocenters. The van der Waals surface area contributed by atoms with Crippen molar-refractivity contribution in [3.8, 4) is 5.69 Å². The summed E-state index contributed by atoms with van der Waals surface area (Å²) >= 11 is 0. The molecule has 0 bridgehead atoms. The highest BCUT2D eigenvalue weighted by Crippen LogP contribution is 2.25. The largest absolute Gasteiger partial charge is 0.367 e. The maximum absolute atomic E-state index is 12.9. The SMILES string of the molecule is CC1CN(C(=O)Cc2ccc(-n3cccc3)cc2)CC(c2ccccc2)O1. The fourth-order valence-corrected chi connectivity index (χ4v) is 3.59. The van der Waals surface area contributed by atoms with Gasteiger partial charge in [-0.05, 0) is 42.3 Å². The van der Waals surface area contributed by atoms with Gasteiger partial charge in [-0.3, -0.25) is 4.79 Å². The van der Waals surface area contributed by atoms with Crippen molar-refractivity contribution in [1.82, 2.24) is 9.47 Å². The summed E-state index contributed by atoms with van der Waals surface area (Å²) < 4.78 is 8.12. The third-order valence-electron chi connectivity index (χ3n) is 4.98. The quantitative estimate of drug-likeness (QED) is 0.705. The van der Waals surface area contributed by atoms with Gasteiger partial charge in [-0.25, -0.2) is 0 Å². The van der Waals surface area contributed by atoms with Gasteiger partial charge in [0.2, 0.25) is 5.91 Å². The second-order valence-electron chi connectivity index (χ2n) is 7.08. The second-order valence-corrected chi connectivity index (χ2v) is 7.08. The number of morpholine rings is 1. The first-order valence-electron chi connectivity index (χ1n) is 9.39. The molecule has 0 aliphatic carbocycles. The van der Waals surface area contributed by atoms with E-state index < -0.39 is 0 Å². The predicted octanol–water partition coefficient (Wildman–Crippen LogP) is 4.01. The van der Waals surface area contributed by atoms with Gasteiger partial charge in [-0.1, -0.05) is 42.5 Å². The van der Waals surface area contributed by atoms with Gasteiger partial charge >= 0.3 is 0 Å². The number of aromatic nitrogens is 1. The van der Waals surface area contributed by atoms with Crippen molar-refractivity contribution in [2.24, 2.45) is 0 Å². The normalized spacial score (nSPS) is 19.8. The van der Waals surface area contributed by atoms with Crippen molar-refractivity contribution in [2.75, 3.05) is 13.1 Å². The molecule has 4 heteroatoms. The van der Waals surface area contributed by atoms with Crippen LogP contribution in [0, 0.1) is 0 Å². The molecule has 1 amide bonds. The van der Waals surface area contributed by atoms with Crippen LogP contribution in [0.25, 0.3) is 5.69 Å². The van der Waals surface area contributed by atoms with E-state index in [-0.39, 0.29) is 18.1 Å². The van der Waals surface area contributed by atoms with Crippen LogP contribution >= 0.6 is 0 Å². The zero-order valence-corrected chi connectivity index (χ0v) is 15.5. The lowest BCUT2D eigenvalue weighted by molar-refractivity contribution is -0.144.